The smallest absolute Gasteiger partial charge is 0.267 e. The molecule has 0 unspecified atom stereocenters. The number of carbonyl (C=O) groups excluding carboxylic acids is 1. The third-order valence-electron chi connectivity index (χ3n) is 6.14. The summed E-state index contributed by atoms with van der Waals surface area (Å²) >= 11 is 1.35. The van der Waals surface area contributed by atoms with Crippen LogP contribution in [0, 0.1) is 6.92 Å². The summed E-state index contributed by atoms with van der Waals surface area (Å²) in [5, 5.41) is 12.5. The van der Waals surface area contributed by atoms with Gasteiger partial charge >= 0.3 is 0 Å². The van der Waals surface area contributed by atoms with E-state index in [1.807, 2.05) is 49.4 Å². The first-order valence-electron chi connectivity index (χ1n) is 11.6. The highest BCUT2D eigenvalue weighted by atomic mass is 32.1. The Morgan fingerprint density at radius 2 is 1.74 bits per heavy atom. The first-order chi connectivity index (χ1) is 17.1. The minimum Gasteiger partial charge on any atom is -0.493 e. The molecule has 0 radical (unpaired) electrons. The topological polar surface area (TPSA) is 91.2 Å². The van der Waals surface area contributed by atoms with Crippen LogP contribution in [-0.2, 0) is 13.0 Å². The van der Waals surface area contributed by atoms with Gasteiger partial charge in [-0.3, -0.25) is 4.79 Å². The molecule has 35 heavy (non-hydrogen) atoms. The lowest BCUT2D eigenvalue weighted by atomic mass is 10.2. The largest absolute Gasteiger partial charge is 0.493 e. The SMILES string of the molecule is COc1ccc(-c2nc(C)c(C(=O)Nc3ccc(-c4nnc5n4CCCCC5)cc3)s2)cc1OC. The maximum atomic E-state index is 13.0. The van der Waals surface area contributed by atoms with Gasteiger partial charge in [0, 0.05) is 29.8 Å². The van der Waals surface area contributed by atoms with Crippen molar-refractivity contribution in [3.05, 3.63) is 58.9 Å². The van der Waals surface area contributed by atoms with Crippen LogP contribution in [0.1, 0.15) is 40.5 Å². The van der Waals surface area contributed by atoms with Gasteiger partial charge in [-0.05, 0) is 62.2 Å². The number of aromatic nitrogens is 4. The van der Waals surface area contributed by atoms with Gasteiger partial charge in [0.25, 0.3) is 5.91 Å². The van der Waals surface area contributed by atoms with E-state index < -0.39 is 0 Å². The summed E-state index contributed by atoms with van der Waals surface area (Å²) in [4.78, 5) is 18.2. The number of carbonyl (C=O) groups is 1. The molecule has 4 aromatic rings. The number of nitrogens with one attached hydrogen (secondary N) is 1. The van der Waals surface area contributed by atoms with E-state index in [9.17, 15) is 4.79 Å². The van der Waals surface area contributed by atoms with Gasteiger partial charge in [0.15, 0.2) is 17.3 Å². The van der Waals surface area contributed by atoms with Crippen LogP contribution in [0.5, 0.6) is 11.5 Å². The van der Waals surface area contributed by atoms with E-state index in [0.717, 1.165) is 59.3 Å². The van der Waals surface area contributed by atoms with Gasteiger partial charge in [0.2, 0.25) is 0 Å². The third kappa shape index (κ3) is 4.64. The Morgan fingerprint density at radius 3 is 2.51 bits per heavy atom. The van der Waals surface area contributed by atoms with Crippen molar-refractivity contribution < 1.29 is 14.3 Å². The number of aryl methyl sites for hydroxylation is 2. The highest BCUT2D eigenvalue weighted by Gasteiger charge is 2.19. The highest BCUT2D eigenvalue weighted by molar-refractivity contribution is 7.17. The van der Waals surface area contributed by atoms with Gasteiger partial charge in [-0.2, -0.15) is 0 Å². The maximum Gasteiger partial charge on any atom is 0.267 e. The quantitative estimate of drug-likeness (QED) is 0.391. The Kier molecular flexibility index (Phi) is 6.50. The number of thiazole rings is 1. The van der Waals surface area contributed by atoms with Crippen LogP contribution in [0.15, 0.2) is 42.5 Å². The van der Waals surface area contributed by atoms with E-state index in [-0.39, 0.29) is 5.91 Å². The summed E-state index contributed by atoms with van der Waals surface area (Å²) in [5.41, 5.74) is 3.26. The zero-order chi connectivity index (χ0) is 24.4. The van der Waals surface area contributed by atoms with E-state index in [4.69, 9.17) is 9.47 Å². The molecular formula is C26H27N5O3S. The number of benzene rings is 2. The number of rotatable bonds is 6. The number of nitrogens with zero attached hydrogens (tertiary/aromatic N) is 4. The van der Waals surface area contributed by atoms with E-state index in [0.29, 0.717) is 22.1 Å². The fourth-order valence-electron chi connectivity index (χ4n) is 4.29. The van der Waals surface area contributed by atoms with Gasteiger partial charge in [-0.25, -0.2) is 4.98 Å². The molecule has 8 nitrogen and oxygen atoms in total. The lowest BCUT2D eigenvalue weighted by Gasteiger charge is -2.08. The summed E-state index contributed by atoms with van der Waals surface area (Å²) in [7, 11) is 3.19. The monoisotopic (exact) mass is 489 g/mol. The van der Waals surface area contributed by atoms with Crippen LogP contribution < -0.4 is 14.8 Å². The van der Waals surface area contributed by atoms with Gasteiger partial charge in [0.05, 0.1) is 19.9 Å². The molecule has 180 valence electrons. The van der Waals surface area contributed by atoms with E-state index in [2.05, 4.69) is 25.1 Å². The molecule has 0 atom stereocenters. The van der Waals surface area contributed by atoms with Crippen LogP contribution >= 0.6 is 11.3 Å². The van der Waals surface area contributed by atoms with Crippen molar-refractivity contribution in [1.29, 1.82) is 0 Å². The van der Waals surface area contributed by atoms with Crippen LogP contribution in [0.25, 0.3) is 22.0 Å². The number of amides is 1. The van der Waals surface area contributed by atoms with Gasteiger partial charge < -0.3 is 19.4 Å². The molecule has 0 aliphatic carbocycles. The van der Waals surface area contributed by atoms with Crippen molar-refractivity contribution in [3.8, 4) is 33.5 Å². The molecule has 1 aliphatic rings. The predicted octanol–water partition coefficient (Wildman–Crippen LogP) is 5.37. The average Bonchev–Trinajstić information content (AvgIpc) is 3.39. The summed E-state index contributed by atoms with van der Waals surface area (Å²) in [6.45, 7) is 2.79. The second-order valence-corrected chi connectivity index (χ2v) is 9.44. The minimum atomic E-state index is -0.184. The van der Waals surface area contributed by atoms with Crippen molar-refractivity contribution in [2.45, 2.75) is 39.2 Å². The predicted molar refractivity (Wildman–Crippen MR) is 136 cm³/mol. The Bertz CT molecular complexity index is 1360. The molecule has 0 bridgehead atoms. The molecule has 1 amide bonds. The molecule has 0 saturated carbocycles. The molecular weight excluding hydrogens is 462 g/mol. The molecule has 0 fully saturated rings. The Morgan fingerprint density at radius 1 is 0.971 bits per heavy atom. The summed E-state index contributed by atoms with van der Waals surface area (Å²) in [6.07, 6.45) is 4.50. The zero-order valence-corrected chi connectivity index (χ0v) is 20.8. The molecule has 3 heterocycles. The van der Waals surface area contributed by atoms with Gasteiger partial charge in [-0.15, -0.1) is 21.5 Å². The number of hydrogen-bond acceptors (Lipinski definition) is 7. The van der Waals surface area contributed by atoms with Crippen molar-refractivity contribution in [2.75, 3.05) is 19.5 Å². The van der Waals surface area contributed by atoms with Gasteiger partial charge in [0.1, 0.15) is 15.7 Å². The fraction of sp³-hybridized carbons (Fsp3) is 0.308. The second-order valence-electron chi connectivity index (χ2n) is 8.44. The van der Waals surface area contributed by atoms with Crippen molar-refractivity contribution in [3.63, 3.8) is 0 Å². The molecule has 5 rings (SSSR count). The standard InChI is InChI=1S/C26H27N5O3S/c1-16-23(35-26(27-16)18-10-13-20(33-2)21(15-18)34-3)25(32)28-19-11-8-17(9-12-19)24-30-29-22-7-5-4-6-14-31(22)24/h8-13,15H,4-7,14H2,1-3H3,(H,28,32). The number of fused-ring (bicyclic) bond motifs is 1. The first kappa shape index (κ1) is 23.0. The van der Waals surface area contributed by atoms with E-state index >= 15 is 0 Å². The normalized spacial score (nSPS) is 13.1. The Balaban J connectivity index is 1.33. The number of hydrogen-bond donors (Lipinski definition) is 1. The van der Waals surface area contributed by atoms with Gasteiger partial charge in [-0.1, -0.05) is 6.42 Å². The minimum absolute atomic E-state index is 0.184. The van der Waals surface area contributed by atoms with Crippen LogP contribution in [-0.4, -0.2) is 39.9 Å². The summed E-state index contributed by atoms with van der Waals surface area (Å²) < 4.78 is 12.9. The van der Waals surface area contributed by atoms with Crippen molar-refractivity contribution in [1.82, 2.24) is 19.7 Å². The number of ether oxygens (including phenoxy) is 2. The maximum absolute atomic E-state index is 13.0. The fourth-order valence-corrected chi connectivity index (χ4v) is 5.25. The van der Waals surface area contributed by atoms with E-state index in [1.54, 1.807) is 14.2 Å². The molecule has 1 aliphatic heterocycles. The molecule has 9 heteroatoms. The molecule has 1 N–H and O–H groups in total. The van der Waals surface area contributed by atoms with Crippen LogP contribution in [0.2, 0.25) is 0 Å². The summed E-state index contributed by atoms with van der Waals surface area (Å²) in [6, 6.07) is 13.4. The van der Waals surface area contributed by atoms with E-state index in [1.165, 1.54) is 17.8 Å². The summed E-state index contributed by atoms with van der Waals surface area (Å²) in [5.74, 6) is 3.02. The lowest BCUT2D eigenvalue weighted by molar-refractivity contribution is 0.103. The van der Waals surface area contributed by atoms with Crippen LogP contribution in [0.4, 0.5) is 5.69 Å². The molecule has 0 saturated heterocycles. The molecule has 0 spiro atoms. The number of anilines is 1. The average molecular weight is 490 g/mol. The second kappa shape index (κ2) is 9.87. The lowest BCUT2D eigenvalue weighted by Crippen LogP contribution is -2.11. The van der Waals surface area contributed by atoms with Crippen molar-refractivity contribution in [2.24, 2.45) is 0 Å². The molecule has 2 aromatic carbocycles. The van der Waals surface area contributed by atoms with Crippen LogP contribution in [0.3, 0.4) is 0 Å². The van der Waals surface area contributed by atoms with Crippen molar-refractivity contribution >= 4 is 22.9 Å². The third-order valence-corrected chi connectivity index (χ3v) is 7.35. The zero-order valence-electron chi connectivity index (χ0n) is 20.0. The Hall–Kier alpha value is -3.72. The molecule has 2 aromatic heterocycles. The first-order valence-corrected chi connectivity index (χ1v) is 12.4. The highest BCUT2D eigenvalue weighted by Crippen LogP contribution is 2.35. The Labute approximate surface area is 208 Å². The number of methoxy groups -OCH3 is 2.